The highest BCUT2D eigenvalue weighted by atomic mass is 32.1. The van der Waals surface area contributed by atoms with Crippen LogP contribution in [-0.4, -0.2) is 39.5 Å². The minimum atomic E-state index is -0.254. The van der Waals surface area contributed by atoms with E-state index in [2.05, 4.69) is 15.5 Å². The van der Waals surface area contributed by atoms with Gasteiger partial charge in [-0.2, -0.15) is 5.10 Å². The second-order valence-electron chi connectivity index (χ2n) is 5.19. The highest BCUT2D eigenvalue weighted by molar-refractivity contribution is 7.80. The SMILES string of the molecule is O=C(NCCOc1ccc(C(=S)NO)cc1)c1n[nH]c2ccccc12. The summed E-state index contributed by atoms with van der Waals surface area (Å²) in [6.07, 6.45) is 0. The van der Waals surface area contributed by atoms with Crippen LogP contribution in [0.4, 0.5) is 0 Å². The maximum atomic E-state index is 12.2. The number of H-pyrrole nitrogens is 1. The molecule has 1 aromatic heterocycles. The summed E-state index contributed by atoms with van der Waals surface area (Å²) >= 11 is 4.91. The third kappa shape index (κ3) is 3.93. The molecule has 0 saturated carbocycles. The standard InChI is InChI=1S/C17H16N4O3S/c22-16(15-13-3-1-2-4-14(13)19-20-15)18-9-10-24-12-7-5-11(6-8-12)17(25)21-23/h1-8,23H,9-10H2,(H,18,22)(H,19,20)(H,21,25). The van der Waals surface area contributed by atoms with E-state index in [0.717, 1.165) is 10.9 Å². The summed E-state index contributed by atoms with van der Waals surface area (Å²) < 4.78 is 5.56. The number of hydrogen-bond acceptors (Lipinski definition) is 5. The Morgan fingerprint density at radius 3 is 2.72 bits per heavy atom. The molecule has 0 saturated heterocycles. The summed E-state index contributed by atoms with van der Waals surface area (Å²) in [5.41, 5.74) is 3.79. The van der Waals surface area contributed by atoms with Crippen LogP contribution in [0.5, 0.6) is 5.75 Å². The molecule has 3 aromatic rings. The summed E-state index contributed by atoms with van der Waals surface area (Å²) in [5.74, 6) is 0.389. The van der Waals surface area contributed by atoms with Crippen LogP contribution in [0.1, 0.15) is 16.1 Å². The van der Waals surface area contributed by atoms with E-state index < -0.39 is 0 Å². The third-order valence-electron chi connectivity index (χ3n) is 3.56. The van der Waals surface area contributed by atoms with E-state index in [1.54, 1.807) is 24.3 Å². The highest BCUT2D eigenvalue weighted by Gasteiger charge is 2.12. The molecule has 8 heteroatoms. The van der Waals surface area contributed by atoms with Gasteiger partial charge in [-0.05, 0) is 30.3 Å². The number of aromatic nitrogens is 2. The molecule has 0 aliphatic carbocycles. The van der Waals surface area contributed by atoms with Crippen molar-refractivity contribution >= 4 is 34.0 Å². The number of nitrogens with zero attached hydrogens (tertiary/aromatic N) is 1. The lowest BCUT2D eigenvalue weighted by molar-refractivity contribution is 0.0943. The molecule has 4 N–H and O–H groups in total. The Morgan fingerprint density at radius 2 is 1.96 bits per heavy atom. The number of hydrogen-bond donors (Lipinski definition) is 4. The fourth-order valence-corrected chi connectivity index (χ4v) is 2.46. The molecule has 0 unspecified atom stereocenters. The number of rotatable bonds is 6. The van der Waals surface area contributed by atoms with Crippen molar-refractivity contribution in [1.29, 1.82) is 0 Å². The maximum Gasteiger partial charge on any atom is 0.272 e. The highest BCUT2D eigenvalue weighted by Crippen LogP contribution is 2.15. The average molecular weight is 356 g/mol. The Morgan fingerprint density at radius 1 is 1.20 bits per heavy atom. The van der Waals surface area contributed by atoms with Gasteiger partial charge >= 0.3 is 0 Å². The second kappa shape index (κ2) is 7.73. The van der Waals surface area contributed by atoms with E-state index in [9.17, 15) is 4.79 Å². The molecule has 1 heterocycles. The van der Waals surface area contributed by atoms with Crippen LogP contribution >= 0.6 is 12.2 Å². The van der Waals surface area contributed by atoms with E-state index in [1.165, 1.54) is 0 Å². The van der Waals surface area contributed by atoms with E-state index >= 15 is 0 Å². The minimum absolute atomic E-state index is 0.241. The van der Waals surface area contributed by atoms with Crippen LogP contribution < -0.4 is 15.5 Å². The molecular weight excluding hydrogens is 340 g/mol. The summed E-state index contributed by atoms with van der Waals surface area (Å²) in [5, 5.41) is 19.2. The Balaban J connectivity index is 1.50. The normalized spacial score (nSPS) is 10.4. The number of hydroxylamine groups is 1. The molecule has 128 valence electrons. The number of benzene rings is 2. The van der Waals surface area contributed by atoms with Gasteiger partial charge < -0.3 is 10.1 Å². The quantitative estimate of drug-likeness (QED) is 0.306. The molecule has 0 spiro atoms. The number of para-hydroxylation sites is 1. The van der Waals surface area contributed by atoms with Crippen LogP contribution in [-0.2, 0) is 0 Å². The van der Waals surface area contributed by atoms with Crippen LogP contribution in [0.3, 0.4) is 0 Å². The number of aromatic amines is 1. The van der Waals surface area contributed by atoms with Gasteiger partial charge in [0.25, 0.3) is 5.91 Å². The molecule has 2 aromatic carbocycles. The fourth-order valence-electron chi connectivity index (χ4n) is 2.32. The molecule has 0 atom stereocenters. The number of ether oxygens (including phenoxy) is 1. The summed E-state index contributed by atoms with van der Waals surface area (Å²) in [6.45, 7) is 0.661. The summed E-state index contributed by atoms with van der Waals surface area (Å²) in [7, 11) is 0. The molecule has 7 nitrogen and oxygen atoms in total. The third-order valence-corrected chi connectivity index (χ3v) is 3.89. The molecule has 1 amide bonds. The zero-order chi connectivity index (χ0) is 17.6. The lowest BCUT2D eigenvalue weighted by Crippen LogP contribution is -2.28. The van der Waals surface area contributed by atoms with Crippen molar-refractivity contribution < 1.29 is 14.7 Å². The topological polar surface area (TPSA) is 99.3 Å². The van der Waals surface area contributed by atoms with Crippen LogP contribution in [0.25, 0.3) is 10.9 Å². The van der Waals surface area contributed by atoms with Gasteiger partial charge in [0.05, 0.1) is 12.1 Å². The summed E-state index contributed by atoms with van der Waals surface area (Å²) in [6, 6.07) is 14.4. The molecule has 3 rings (SSSR count). The molecule has 0 aliphatic rings. The predicted octanol–water partition coefficient (Wildman–Crippen LogP) is 2.03. The van der Waals surface area contributed by atoms with Gasteiger partial charge in [-0.1, -0.05) is 30.4 Å². The van der Waals surface area contributed by atoms with Gasteiger partial charge in [0.15, 0.2) is 5.69 Å². The molecular formula is C17H16N4O3S. The van der Waals surface area contributed by atoms with Crippen molar-refractivity contribution in [3.8, 4) is 5.75 Å². The number of carbonyl (C=O) groups excluding carboxylic acids is 1. The first-order valence-electron chi connectivity index (χ1n) is 7.57. The van der Waals surface area contributed by atoms with Crippen LogP contribution in [0.2, 0.25) is 0 Å². The first kappa shape index (κ1) is 16.9. The largest absolute Gasteiger partial charge is 0.492 e. The number of carbonyl (C=O) groups is 1. The zero-order valence-corrected chi connectivity index (χ0v) is 14.0. The van der Waals surface area contributed by atoms with Crippen molar-refractivity contribution in [1.82, 2.24) is 21.0 Å². The lowest BCUT2D eigenvalue weighted by Gasteiger charge is -2.08. The molecule has 0 bridgehead atoms. The van der Waals surface area contributed by atoms with Crippen molar-refractivity contribution in [2.45, 2.75) is 0 Å². The van der Waals surface area contributed by atoms with Gasteiger partial charge in [-0.3, -0.25) is 20.6 Å². The van der Waals surface area contributed by atoms with Crippen LogP contribution in [0, 0.1) is 0 Å². The van der Waals surface area contributed by atoms with E-state index in [1.807, 2.05) is 29.7 Å². The monoisotopic (exact) mass is 356 g/mol. The molecule has 0 radical (unpaired) electrons. The first-order chi connectivity index (χ1) is 12.2. The Hall–Kier alpha value is -2.97. The first-order valence-corrected chi connectivity index (χ1v) is 7.98. The van der Waals surface area contributed by atoms with Crippen LogP contribution in [0.15, 0.2) is 48.5 Å². The number of thiocarbonyl (C=S) groups is 1. The van der Waals surface area contributed by atoms with Gasteiger partial charge in [0, 0.05) is 10.9 Å². The second-order valence-corrected chi connectivity index (χ2v) is 5.60. The molecule has 25 heavy (non-hydrogen) atoms. The molecule has 0 aliphatic heterocycles. The average Bonchev–Trinajstić information content (AvgIpc) is 3.09. The van der Waals surface area contributed by atoms with Gasteiger partial charge in [-0.15, -0.1) is 0 Å². The predicted molar refractivity (Wildman–Crippen MR) is 97.0 cm³/mol. The number of nitrogens with one attached hydrogen (secondary N) is 3. The smallest absolute Gasteiger partial charge is 0.272 e. The zero-order valence-electron chi connectivity index (χ0n) is 13.2. The Labute approximate surface area is 149 Å². The van der Waals surface area contributed by atoms with E-state index in [-0.39, 0.29) is 10.9 Å². The van der Waals surface area contributed by atoms with Gasteiger partial charge in [-0.25, -0.2) is 0 Å². The van der Waals surface area contributed by atoms with Crippen molar-refractivity contribution in [3.05, 3.63) is 59.8 Å². The minimum Gasteiger partial charge on any atom is -0.492 e. The van der Waals surface area contributed by atoms with E-state index in [4.69, 9.17) is 22.2 Å². The fraction of sp³-hybridized carbons (Fsp3) is 0.118. The lowest BCUT2D eigenvalue weighted by atomic mass is 10.2. The van der Waals surface area contributed by atoms with E-state index in [0.29, 0.717) is 30.2 Å². The van der Waals surface area contributed by atoms with Crippen molar-refractivity contribution in [2.75, 3.05) is 13.2 Å². The number of fused-ring (bicyclic) bond motifs is 1. The van der Waals surface area contributed by atoms with Gasteiger partial charge in [0.2, 0.25) is 0 Å². The maximum absolute atomic E-state index is 12.2. The van der Waals surface area contributed by atoms with Crippen molar-refractivity contribution in [2.24, 2.45) is 0 Å². The number of amides is 1. The summed E-state index contributed by atoms with van der Waals surface area (Å²) in [4.78, 5) is 12.4. The van der Waals surface area contributed by atoms with Gasteiger partial charge in [0.1, 0.15) is 17.3 Å². The van der Waals surface area contributed by atoms with Crippen molar-refractivity contribution in [3.63, 3.8) is 0 Å². The Bertz CT molecular complexity index is 892. The Kier molecular flexibility index (Phi) is 5.22. The molecule has 0 fully saturated rings.